The molecule has 1 aromatic heterocycles. The van der Waals surface area contributed by atoms with E-state index < -0.39 is 24.2 Å². The van der Waals surface area contributed by atoms with Crippen molar-refractivity contribution in [3.8, 4) is 5.88 Å². The number of methoxy groups -OCH3 is 1. The number of aromatic nitrogens is 1. The first-order valence-electron chi connectivity index (χ1n) is 7.79. The quantitative estimate of drug-likeness (QED) is 0.897. The summed E-state index contributed by atoms with van der Waals surface area (Å²) in [5, 5.41) is 2.59. The average Bonchev–Trinajstić information content (AvgIpc) is 2.51. The van der Waals surface area contributed by atoms with E-state index in [-0.39, 0.29) is 36.7 Å². The van der Waals surface area contributed by atoms with E-state index in [0.717, 1.165) is 4.90 Å². The summed E-state index contributed by atoms with van der Waals surface area (Å²) >= 11 is 0. The molecule has 2 rings (SSSR count). The van der Waals surface area contributed by atoms with Crippen LogP contribution in [0.2, 0.25) is 0 Å². The van der Waals surface area contributed by atoms with Crippen LogP contribution < -0.4 is 10.1 Å². The summed E-state index contributed by atoms with van der Waals surface area (Å²) in [7, 11) is 1.36. The zero-order valence-electron chi connectivity index (χ0n) is 14.2. The van der Waals surface area contributed by atoms with Crippen molar-refractivity contribution >= 4 is 11.8 Å². The van der Waals surface area contributed by atoms with E-state index in [1.54, 1.807) is 6.92 Å². The Labute approximate surface area is 143 Å². The van der Waals surface area contributed by atoms with E-state index in [2.05, 4.69) is 10.3 Å². The van der Waals surface area contributed by atoms with Crippen LogP contribution in [0.5, 0.6) is 5.88 Å². The number of nitrogens with zero attached hydrogens (tertiary/aromatic N) is 2. The molecule has 0 aromatic carbocycles. The molecular formula is C16H20F3N3O3. The van der Waals surface area contributed by atoms with Gasteiger partial charge in [0.05, 0.1) is 7.11 Å². The van der Waals surface area contributed by atoms with Crippen LogP contribution in [0.25, 0.3) is 0 Å². The number of nitrogens with one attached hydrogen (secondary N) is 1. The highest BCUT2D eigenvalue weighted by atomic mass is 19.4. The van der Waals surface area contributed by atoms with Crippen LogP contribution >= 0.6 is 0 Å². The van der Waals surface area contributed by atoms with Crippen LogP contribution in [0, 0.1) is 6.92 Å². The van der Waals surface area contributed by atoms with Gasteiger partial charge in [0, 0.05) is 36.8 Å². The molecule has 1 N–H and O–H groups in total. The van der Waals surface area contributed by atoms with Gasteiger partial charge in [-0.25, -0.2) is 4.98 Å². The van der Waals surface area contributed by atoms with Gasteiger partial charge in [-0.1, -0.05) is 0 Å². The summed E-state index contributed by atoms with van der Waals surface area (Å²) in [6.07, 6.45) is -4.64. The number of hydrogen-bond acceptors (Lipinski definition) is 4. The number of ether oxygens (including phenoxy) is 1. The maximum absolute atomic E-state index is 13.4. The molecule has 1 saturated heterocycles. The second-order valence-electron chi connectivity index (χ2n) is 6.03. The van der Waals surface area contributed by atoms with Crippen molar-refractivity contribution in [1.29, 1.82) is 0 Å². The third kappa shape index (κ3) is 4.61. The van der Waals surface area contributed by atoms with Gasteiger partial charge in [-0.2, -0.15) is 13.2 Å². The Bertz CT molecular complexity index is 664. The van der Waals surface area contributed by atoms with Crippen LogP contribution in [0.4, 0.5) is 13.2 Å². The van der Waals surface area contributed by atoms with Crippen LogP contribution in [0.1, 0.15) is 35.8 Å². The summed E-state index contributed by atoms with van der Waals surface area (Å²) in [6, 6.07) is 0.333. The Balaban J connectivity index is 2.33. The topological polar surface area (TPSA) is 71.5 Å². The minimum Gasteiger partial charge on any atom is -0.481 e. The molecule has 0 radical (unpaired) electrons. The van der Waals surface area contributed by atoms with Gasteiger partial charge in [-0.3, -0.25) is 9.59 Å². The number of hydrogen-bond donors (Lipinski definition) is 1. The SMILES string of the molecule is COc1cc(C(=O)N2C[C@H](NC(C)=O)CC[C@@H]2C(F)(F)F)cc(C)n1. The molecular weight excluding hydrogens is 339 g/mol. The van der Waals surface area contributed by atoms with E-state index in [0.29, 0.717) is 5.69 Å². The molecule has 1 fully saturated rings. The number of alkyl halides is 3. The molecule has 0 spiro atoms. The fourth-order valence-corrected chi connectivity index (χ4v) is 2.97. The highest BCUT2D eigenvalue weighted by Gasteiger charge is 2.48. The van der Waals surface area contributed by atoms with E-state index in [1.165, 1.54) is 26.2 Å². The number of likely N-dealkylation sites (tertiary alicyclic amines) is 1. The molecule has 0 aliphatic carbocycles. The number of amides is 2. The molecule has 2 heterocycles. The molecule has 1 aliphatic rings. The summed E-state index contributed by atoms with van der Waals surface area (Å²) < 4.78 is 45.1. The molecule has 138 valence electrons. The van der Waals surface area contributed by atoms with Crippen molar-refractivity contribution in [1.82, 2.24) is 15.2 Å². The summed E-state index contributed by atoms with van der Waals surface area (Å²) in [5.74, 6) is -0.951. The first-order valence-corrected chi connectivity index (χ1v) is 7.79. The normalized spacial score (nSPS) is 21.0. The lowest BCUT2D eigenvalue weighted by Gasteiger charge is -2.40. The third-order valence-corrected chi connectivity index (χ3v) is 4.01. The molecule has 0 bridgehead atoms. The number of pyridine rings is 1. The highest BCUT2D eigenvalue weighted by molar-refractivity contribution is 5.95. The van der Waals surface area contributed by atoms with Gasteiger partial charge in [0.25, 0.3) is 5.91 Å². The molecule has 9 heteroatoms. The Morgan fingerprint density at radius 3 is 2.56 bits per heavy atom. The number of carbonyl (C=O) groups is 2. The summed E-state index contributed by atoms with van der Waals surface area (Å²) in [5.41, 5.74) is 0.531. The Hall–Kier alpha value is -2.32. The number of carbonyl (C=O) groups excluding carboxylic acids is 2. The van der Waals surface area contributed by atoms with Crippen molar-refractivity contribution in [2.24, 2.45) is 0 Å². The monoisotopic (exact) mass is 359 g/mol. The Kier molecular flexibility index (Phi) is 5.54. The van der Waals surface area contributed by atoms with Crippen molar-refractivity contribution in [2.75, 3.05) is 13.7 Å². The zero-order chi connectivity index (χ0) is 18.8. The van der Waals surface area contributed by atoms with Gasteiger partial charge < -0.3 is 15.0 Å². The number of halogens is 3. The third-order valence-electron chi connectivity index (χ3n) is 4.01. The maximum atomic E-state index is 13.4. The standard InChI is InChI=1S/C16H20F3N3O3/c1-9-6-11(7-14(20-9)25-3)15(24)22-8-12(21-10(2)23)4-5-13(22)16(17,18)19/h6-7,12-13H,4-5,8H2,1-3H3,(H,21,23)/t12-,13-/m1/s1. The van der Waals surface area contributed by atoms with Crippen LogP contribution in [-0.4, -0.2) is 53.6 Å². The molecule has 2 atom stereocenters. The van der Waals surface area contributed by atoms with Gasteiger partial charge in [-0.05, 0) is 25.8 Å². The van der Waals surface area contributed by atoms with Gasteiger partial charge >= 0.3 is 6.18 Å². The zero-order valence-corrected chi connectivity index (χ0v) is 14.2. The predicted molar refractivity (Wildman–Crippen MR) is 83.2 cm³/mol. The number of aryl methyl sites for hydroxylation is 1. The van der Waals surface area contributed by atoms with E-state index >= 15 is 0 Å². The molecule has 6 nitrogen and oxygen atoms in total. The van der Waals surface area contributed by atoms with Gasteiger partial charge in [0.1, 0.15) is 6.04 Å². The fraction of sp³-hybridized carbons (Fsp3) is 0.562. The average molecular weight is 359 g/mol. The van der Waals surface area contributed by atoms with E-state index in [4.69, 9.17) is 4.74 Å². The van der Waals surface area contributed by atoms with Crippen LogP contribution in [0.3, 0.4) is 0 Å². The Morgan fingerprint density at radius 2 is 2.00 bits per heavy atom. The molecule has 1 aromatic rings. The first kappa shape index (κ1) is 19.0. The predicted octanol–water partition coefficient (Wildman–Crippen LogP) is 2.07. The van der Waals surface area contributed by atoms with Gasteiger partial charge in [0.2, 0.25) is 11.8 Å². The van der Waals surface area contributed by atoms with Gasteiger partial charge in [-0.15, -0.1) is 0 Å². The highest BCUT2D eigenvalue weighted by Crippen LogP contribution is 2.33. The molecule has 1 aliphatic heterocycles. The van der Waals surface area contributed by atoms with Crippen molar-refractivity contribution in [3.05, 3.63) is 23.4 Å². The summed E-state index contributed by atoms with van der Waals surface area (Å²) in [4.78, 5) is 28.7. The maximum Gasteiger partial charge on any atom is 0.408 e. The second kappa shape index (κ2) is 7.28. The fourth-order valence-electron chi connectivity index (χ4n) is 2.97. The second-order valence-corrected chi connectivity index (χ2v) is 6.03. The van der Waals surface area contributed by atoms with E-state index in [9.17, 15) is 22.8 Å². The molecule has 0 unspecified atom stereocenters. The molecule has 25 heavy (non-hydrogen) atoms. The van der Waals surface area contributed by atoms with Crippen LogP contribution in [0.15, 0.2) is 12.1 Å². The first-order chi connectivity index (χ1) is 11.6. The Morgan fingerprint density at radius 1 is 1.32 bits per heavy atom. The minimum absolute atomic E-state index is 0.0714. The molecule has 2 amide bonds. The van der Waals surface area contributed by atoms with Crippen molar-refractivity contribution < 1.29 is 27.5 Å². The number of piperidine rings is 1. The van der Waals surface area contributed by atoms with Crippen molar-refractivity contribution in [2.45, 2.75) is 44.9 Å². The van der Waals surface area contributed by atoms with Crippen molar-refractivity contribution in [3.63, 3.8) is 0 Å². The summed E-state index contributed by atoms with van der Waals surface area (Å²) in [6.45, 7) is 2.71. The lowest BCUT2D eigenvalue weighted by molar-refractivity contribution is -0.184. The minimum atomic E-state index is -4.54. The smallest absolute Gasteiger partial charge is 0.408 e. The lowest BCUT2D eigenvalue weighted by atomic mass is 9.96. The largest absolute Gasteiger partial charge is 0.481 e. The molecule has 0 saturated carbocycles. The van der Waals surface area contributed by atoms with Crippen LogP contribution in [-0.2, 0) is 4.79 Å². The lowest BCUT2D eigenvalue weighted by Crippen LogP contribution is -2.58. The number of rotatable bonds is 3. The van der Waals surface area contributed by atoms with Gasteiger partial charge in [0.15, 0.2) is 0 Å². The van der Waals surface area contributed by atoms with E-state index in [1.807, 2.05) is 0 Å².